The lowest BCUT2D eigenvalue weighted by Crippen LogP contribution is -2.33. The number of carbonyl (C=O) groups excluding carboxylic acids is 1. The summed E-state index contributed by atoms with van der Waals surface area (Å²) in [5.74, 6) is -0.130. The number of nitrogens with zero attached hydrogens (tertiary/aromatic N) is 3. The number of thioether (sulfide) groups is 1. The van der Waals surface area contributed by atoms with E-state index < -0.39 is 0 Å². The van der Waals surface area contributed by atoms with Gasteiger partial charge in [-0.25, -0.2) is 0 Å². The molecule has 0 atom stereocenters. The molecule has 2 aliphatic rings. The highest BCUT2D eigenvalue weighted by molar-refractivity contribution is 8.18. The molecular weight excluding hydrogens is 258 g/mol. The molecule has 1 fully saturated rings. The molecule has 0 radical (unpaired) electrons. The van der Waals surface area contributed by atoms with E-state index in [0.717, 1.165) is 23.8 Å². The number of amides is 1. The molecule has 0 spiro atoms. The van der Waals surface area contributed by atoms with Crippen LogP contribution >= 0.6 is 11.8 Å². The van der Waals surface area contributed by atoms with Gasteiger partial charge in [0.2, 0.25) is 0 Å². The third kappa shape index (κ3) is 2.87. The summed E-state index contributed by atoms with van der Waals surface area (Å²) in [5, 5.41) is 0.861. The van der Waals surface area contributed by atoms with Crippen LogP contribution in [0, 0.1) is 0 Å². The zero-order valence-electron chi connectivity index (χ0n) is 10.6. The number of carbonyl (C=O) groups is 1. The Morgan fingerprint density at radius 2 is 2.11 bits per heavy atom. The van der Waals surface area contributed by atoms with Crippen molar-refractivity contribution in [3.63, 3.8) is 0 Å². The van der Waals surface area contributed by atoms with Crippen LogP contribution in [0.5, 0.6) is 0 Å². The van der Waals surface area contributed by atoms with Gasteiger partial charge in [0.25, 0.3) is 5.91 Å². The lowest BCUT2D eigenvalue weighted by atomic mass is 10.1. The van der Waals surface area contributed by atoms with Gasteiger partial charge in [-0.05, 0) is 48.7 Å². The van der Waals surface area contributed by atoms with E-state index in [2.05, 4.69) is 14.9 Å². The van der Waals surface area contributed by atoms with Gasteiger partial charge < -0.3 is 4.90 Å². The molecule has 0 saturated carbocycles. The first-order valence-electron chi connectivity index (χ1n) is 6.50. The monoisotopic (exact) mass is 273 g/mol. The van der Waals surface area contributed by atoms with Crippen molar-refractivity contribution in [1.82, 2.24) is 9.88 Å². The average Bonchev–Trinajstić information content (AvgIpc) is 2.82. The molecule has 19 heavy (non-hydrogen) atoms. The highest BCUT2D eigenvalue weighted by Crippen LogP contribution is 2.31. The number of hydrogen-bond acceptors (Lipinski definition) is 4. The average molecular weight is 273 g/mol. The standard InChI is InChI=1S/C14H15N3OS/c18-13-12(9-11-5-4-6-15-10-11)19-14(16-13)17-7-2-1-3-8-17/h4-6,9-10H,1-3,7-8H2. The van der Waals surface area contributed by atoms with Crippen LogP contribution in [-0.4, -0.2) is 34.0 Å². The van der Waals surface area contributed by atoms with Crippen LogP contribution in [0.2, 0.25) is 0 Å². The van der Waals surface area contributed by atoms with Gasteiger partial charge in [0, 0.05) is 25.5 Å². The van der Waals surface area contributed by atoms with Gasteiger partial charge in [0.15, 0.2) is 5.17 Å². The van der Waals surface area contributed by atoms with Crippen LogP contribution in [0.25, 0.3) is 6.08 Å². The lowest BCUT2D eigenvalue weighted by Gasteiger charge is -2.27. The number of pyridine rings is 1. The molecule has 1 aromatic heterocycles. The summed E-state index contributed by atoms with van der Waals surface area (Å²) >= 11 is 1.48. The minimum atomic E-state index is -0.130. The Hall–Kier alpha value is -1.62. The highest BCUT2D eigenvalue weighted by Gasteiger charge is 2.26. The molecule has 4 nitrogen and oxygen atoms in total. The van der Waals surface area contributed by atoms with Crippen LogP contribution < -0.4 is 0 Å². The maximum atomic E-state index is 11.9. The summed E-state index contributed by atoms with van der Waals surface area (Å²) in [6.07, 6.45) is 8.99. The molecule has 1 saturated heterocycles. The van der Waals surface area contributed by atoms with E-state index in [1.807, 2.05) is 18.2 Å². The fraction of sp³-hybridized carbons (Fsp3) is 0.357. The maximum absolute atomic E-state index is 11.9. The highest BCUT2D eigenvalue weighted by atomic mass is 32.2. The first kappa shape index (κ1) is 12.4. The number of aromatic nitrogens is 1. The number of hydrogen-bond donors (Lipinski definition) is 0. The van der Waals surface area contributed by atoms with Crippen molar-refractivity contribution in [1.29, 1.82) is 0 Å². The largest absolute Gasteiger partial charge is 0.351 e. The molecule has 2 aliphatic heterocycles. The molecule has 0 bridgehead atoms. The molecule has 3 rings (SSSR count). The number of aliphatic imine (C=N–C) groups is 1. The van der Waals surface area contributed by atoms with E-state index in [9.17, 15) is 4.79 Å². The minimum Gasteiger partial charge on any atom is -0.351 e. The Morgan fingerprint density at radius 3 is 2.84 bits per heavy atom. The van der Waals surface area contributed by atoms with Gasteiger partial charge >= 0.3 is 0 Å². The fourth-order valence-electron chi connectivity index (χ4n) is 2.23. The second-order valence-corrected chi connectivity index (χ2v) is 5.65. The summed E-state index contributed by atoms with van der Waals surface area (Å²) in [5.41, 5.74) is 0.938. The zero-order chi connectivity index (χ0) is 13.1. The molecule has 3 heterocycles. The van der Waals surface area contributed by atoms with E-state index in [4.69, 9.17) is 0 Å². The quantitative estimate of drug-likeness (QED) is 0.738. The van der Waals surface area contributed by atoms with Crippen LogP contribution in [0.1, 0.15) is 24.8 Å². The van der Waals surface area contributed by atoms with Crippen LogP contribution in [-0.2, 0) is 4.79 Å². The van der Waals surface area contributed by atoms with E-state index in [1.165, 1.54) is 31.0 Å². The molecule has 0 aliphatic carbocycles. The van der Waals surface area contributed by atoms with Gasteiger partial charge in [0.1, 0.15) is 0 Å². The van der Waals surface area contributed by atoms with Crippen LogP contribution in [0.15, 0.2) is 34.4 Å². The van der Waals surface area contributed by atoms with Crippen molar-refractivity contribution >= 4 is 28.9 Å². The Balaban J connectivity index is 1.74. The summed E-state index contributed by atoms with van der Waals surface area (Å²) < 4.78 is 0. The zero-order valence-corrected chi connectivity index (χ0v) is 11.4. The van der Waals surface area contributed by atoms with Gasteiger partial charge in [-0.2, -0.15) is 4.99 Å². The molecule has 0 N–H and O–H groups in total. The number of rotatable bonds is 1. The molecule has 98 valence electrons. The van der Waals surface area contributed by atoms with E-state index >= 15 is 0 Å². The Bertz CT molecular complexity index is 533. The normalized spacial score (nSPS) is 21.9. The van der Waals surface area contributed by atoms with E-state index in [-0.39, 0.29) is 5.91 Å². The number of piperidine rings is 1. The Morgan fingerprint density at radius 1 is 1.26 bits per heavy atom. The Labute approximate surface area is 116 Å². The molecule has 1 aromatic rings. The van der Waals surface area contributed by atoms with Crippen molar-refractivity contribution in [2.75, 3.05) is 13.1 Å². The third-order valence-electron chi connectivity index (χ3n) is 3.22. The molecule has 0 unspecified atom stereocenters. The number of likely N-dealkylation sites (tertiary alicyclic amines) is 1. The van der Waals surface area contributed by atoms with Crippen molar-refractivity contribution in [2.45, 2.75) is 19.3 Å². The summed E-state index contributed by atoms with van der Waals surface area (Å²) in [6, 6.07) is 3.80. The van der Waals surface area contributed by atoms with Crippen molar-refractivity contribution in [3.05, 3.63) is 35.0 Å². The second kappa shape index (κ2) is 5.57. The molecule has 5 heteroatoms. The summed E-state index contributed by atoms with van der Waals surface area (Å²) in [4.78, 5) is 23.0. The predicted molar refractivity (Wildman–Crippen MR) is 77.7 cm³/mol. The van der Waals surface area contributed by atoms with Crippen molar-refractivity contribution < 1.29 is 4.79 Å². The fourth-order valence-corrected chi connectivity index (χ4v) is 3.20. The van der Waals surface area contributed by atoms with Crippen molar-refractivity contribution in [3.8, 4) is 0 Å². The summed E-state index contributed by atoms with van der Waals surface area (Å²) in [7, 11) is 0. The van der Waals surface area contributed by atoms with Crippen LogP contribution in [0.3, 0.4) is 0 Å². The van der Waals surface area contributed by atoms with E-state index in [1.54, 1.807) is 12.4 Å². The third-order valence-corrected chi connectivity index (χ3v) is 4.26. The van der Waals surface area contributed by atoms with Crippen molar-refractivity contribution in [2.24, 2.45) is 4.99 Å². The predicted octanol–water partition coefficient (Wildman–Crippen LogP) is 2.54. The van der Waals surface area contributed by atoms with Gasteiger partial charge in [-0.1, -0.05) is 6.07 Å². The number of amidine groups is 1. The smallest absolute Gasteiger partial charge is 0.286 e. The Kier molecular flexibility index (Phi) is 3.64. The summed E-state index contributed by atoms with van der Waals surface area (Å²) in [6.45, 7) is 2.03. The lowest BCUT2D eigenvalue weighted by molar-refractivity contribution is -0.113. The van der Waals surface area contributed by atoms with E-state index in [0.29, 0.717) is 4.91 Å². The van der Waals surface area contributed by atoms with Gasteiger partial charge in [0.05, 0.1) is 4.91 Å². The molecular formula is C14H15N3OS. The maximum Gasteiger partial charge on any atom is 0.286 e. The van der Waals surface area contributed by atoms with Gasteiger partial charge in [-0.3, -0.25) is 9.78 Å². The topological polar surface area (TPSA) is 45.6 Å². The molecule has 0 aromatic carbocycles. The molecule has 1 amide bonds. The van der Waals surface area contributed by atoms with Crippen LogP contribution in [0.4, 0.5) is 0 Å². The SMILES string of the molecule is O=C1N=C(N2CCCCC2)SC1=Cc1cccnc1. The van der Waals surface area contributed by atoms with Gasteiger partial charge in [-0.15, -0.1) is 0 Å². The second-order valence-electron chi connectivity index (χ2n) is 4.64. The first-order chi connectivity index (χ1) is 9.33. The minimum absolute atomic E-state index is 0.130. The first-order valence-corrected chi connectivity index (χ1v) is 7.32.